The van der Waals surface area contributed by atoms with Gasteiger partial charge in [-0.1, -0.05) is 37.3 Å². The summed E-state index contributed by atoms with van der Waals surface area (Å²) in [6, 6.07) is 9.21. The molecule has 0 fully saturated rings. The standard InChI is InChI=1S/C14H16N4O/c1-10(13(15)11-5-3-2-4-6-11)14(19)18-12-9-16-7-8-17-12/h2-10,13H,15H2,1H3,(H,17,18,19). The van der Waals surface area contributed by atoms with Crippen LogP contribution in [-0.2, 0) is 4.79 Å². The molecule has 2 aromatic rings. The van der Waals surface area contributed by atoms with Crippen LogP contribution < -0.4 is 11.1 Å². The normalized spacial score (nSPS) is 13.6. The average molecular weight is 256 g/mol. The van der Waals surface area contributed by atoms with Crippen LogP contribution in [-0.4, -0.2) is 15.9 Å². The smallest absolute Gasteiger partial charge is 0.230 e. The van der Waals surface area contributed by atoms with Crippen molar-refractivity contribution >= 4 is 11.7 Å². The maximum absolute atomic E-state index is 12.1. The molecule has 0 aliphatic heterocycles. The van der Waals surface area contributed by atoms with Crippen molar-refractivity contribution in [2.45, 2.75) is 13.0 Å². The van der Waals surface area contributed by atoms with Gasteiger partial charge >= 0.3 is 0 Å². The van der Waals surface area contributed by atoms with Crippen LogP contribution in [0.2, 0.25) is 0 Å². The summed E-state index contributed by atoms with van der Waals surface area (Å²) in [6.45, 7) is 1.80. The Kier molecular flexibility index (Phi) is 4.20. The van der Waals surface area contributed by atoms with Crippen LogP contribution in [0.3, 0.4) is 0 Å². The third-order valence-electron chi connectivity index (χ3n) is 2.95. The van der Waals surface area contributed by atoms with E-state index in [0.717, 1.165) is 5.56 Å². The number of hydrogen-bond donors (Lipinski definition) is 2. The zero-order valence-electron chi connectivity index (χ0n) is 10.7. The number of rotatable bonds is 4. The molecule has 0 radical (unpaired) electrons. The molecular weight excluding hydrogens is 240 g/mol. The van der Waals surface area contributed by atoms with Crippen LogP contribution in [0.15, 0.2) is 48.9 Å². The summed E-state index contributed by atoms with van der Waals surface area (Å²) in [6.07, 6.45) is 4.57. The van der Waals surface area contributed by atoms with Gasteiger partial charge in [0.05, 0.1) is 12.1 Å². The number of aromatic nitrogens is 2. The molecule has 98 valence electrons. The first-order valence-electron chi connectivity index (χ1n) is 6.06. The van der Waals surface area contributed by atoms with Gasteiger partial charge in [0.2, 0.25) is 5.91 Å². The van der Waals surface area contributed by atoms with E-state index < -0.39 is 0 Å². The molecule has 0 aliphatic carbocycles. The average Bonchev–Trinajstić information content (AvgIpc) is 2.47. The lowest BCUT2D eigenvalue weighted by Gasteiger charge is -2.19. The van der Waals surface area contributed by atoms with Crippen LogP contribution in [0.25, 0.3) is 0 Å². The molecule has 1 aromatic carbocycles. The van der Waals surface area contributed by atoms with Gasteiger partial charge in [-0.2, -0.15) is 0 Å². The Labute approximate surface area is 111 Å². The van der Waals surface area contributed by atoms with Crippen LogP contribution in [0.4, 0.5) is 5.82 Å². The van der Waals surface area contributed by atoms with Gasteiger partial charge < -0.3 is 11.1 Å². The van der Waals surface area contributed by atoms with Gasteiger partial charge in [0.15, 0.2) is 5.82 Å². The second-order valence-electron chi connectivity index (χ2n) is 4.31. The Morgan fingerprint density at radius 2 is 2.00 bits per heavy atom. The summed E-state index contributed by atoms with van der Waals surface area (Å²) in [5, 5.41) is 2.70. The first-order chi connectivity index (χ1) is 9.18. The zero-order valence-corrected chi connectivity index (χ0v) is 10.7. The van der Waals surface area contributed by atoms with Gasteiger partial charge in [-0.15, -0.1) is 0 Å². The first-order valence-corrected chi connectivity index (χ1v) is 6.06. The fourth-order valence-electron chi connectivity index (χ4n) is 1.73. The summed E-state index contributed by atoms with van der Waals surface area (Å²) >= 11 is 0. The van der Waals surface area contributed by atoms with Gasteiger partial charge in [0.25, 0.3) is 0 Å². The number of nitrogens with zero attached hydrogens (tertiary/aromatic N) is 2. The molecule has 5 heteroatoms. The molecule has 1 amide bonds. The van der Waals surface area contributed by atoms with Crippen LogP contribution in [0, 0.1) is 5.92 Å². The van der Waals surface area contributed by atoms with E-state index in [4.69, 9.17) is 5.73 Å². The molecule has 19 heavy (non-hydrogen) atoms. The lowest BCUT2D eigenvalue weighted by molar-refractivity contribution is -0.120. The lowest BCUT2D eigenvalue weighted by atomic mass is 9.95. The van der Waals surface area contributed by atoms with Crippen molar-refractivity contribution < 1.29 is 4.79 Å². The van der Waals surface area contributed by atoms with Gasteiger partial charge in [-0.3, -0.25) is 9.78 Å². The molecule has 0 saturated heterocycles. The fraction of sp³-hybridized carbons (Fsp3) is 0.214. The van der Waals surface area contributed by atoms with E-state index in [2.05, 4.69) is 15.3 Å². The molecule has 2 atom stereocenters. The van der Waals surface area contributed by atoms with Crippen molar-refractivity contribution in [3.8, 4) is 0 Å². The molecule has 0 bridgehead atoms. The topological polar surface area (TPSA) is 80.9 Å². The number of anilines is 1. The van der Waals surface area contributed by atoms with Crippen LogP contribution >= 0.6 is 0 Å². The number of carbonyl (C=O) groups excluding carboxylic acids is 1. The number of amides is 1. The summed E-state index contributed by atoms with van der Waals surface area (Å²) in [5.74, 6) is -0.0964. The predicted molar refractivity (Wildman–Crippen MR) is 73.2 cm³/mol. The van der Waals surface area contributed by atoms with E-state index in [1.807, 2.05) is 30.3 Å². The largest absolute Gasteiger partial charge is 0.323 e. The van der Waals surface area contributed by atoms with E-state index in [9.17, 15) is 4.79 Å². The number of carbonyl (C=O) groups is 1. The van der Waals surface area contributed by atoms with Crippen molar-refractivity contribution in [2.24, 2.45) is 11.7 Å². The summed E-state index contributed by atoms with van der Waals surface area (Å²) < 4.78 is 0. The van der Waals surface area contributed by atoms with Gasteiger partial charge in [-0.25, -0.2) is 4.98 Å². The van der Waals surface area contributed by atoms with E-state index >= 15 is 0 Å². The van der Waals surface area contributed by atoms with Crippen LogP contribution in [0.1, 0.15) is 18.5 Å². The lowest BCUT2D eigenvalue weighted by Crippen LogP contribution is -2.30. The molecule has 0 aliphatic rings. The van der Waals surface area contributed by atoms with E-state index in [1.54, 1.807) is 13.1 Å². The number of nitrogens with one attached hydrogen (secondary N) is 1. The monoisotopic (exact) mass is 256 g/mol. The Morgan fingerprint density at radius 1 is 1.26 bits per heavy atom. The van der Waals surface area contributed by atoms with Gasteiger partial charge in [0.1, 0.15) is 0 Å². The van der Waals surface area contributed by atoms with E-state index in [0.29, 0.717) is 5.82 Å². The molecule has 5 nitrogen and oxygen atoms in total. The minimum atomic E-state index is -0.357. The Balaban J connectivity index is 2.03. The third kappa shape index (κ3) is 3.35. The molecule has 1 heterocycles. The van der Waals surface area contributed by atoms with Crippen LogP contribution in [0.5, 0.6) is 0 Å². The SMILES string of the molecule is CC(C(=O)Nc1cnccn1)C(N)c1ccccc1. The van der Waals surface area contributed by atoms with Crippen molar-refractivity contribution in [3.63, 3.8) is 0 Å². The molecule has 3 N–H and O–H groups in total. The van der Waals surface area contributed by atoms with Crippen molar-refractivity contribution in [3.05, 3.63) is 54.5 Å². The second-order valence-corrected chi connectivity index (χ2v) is 4.31. The second kappa shape index (κ2) is 6.06. The zero-order chi connectivity index (χ0) is 13.7. The highest BCUT2D eigenvalue weighted by molar-refractivity contribution is 5.91. The highest BCUT2D eigenvalue weighted by Gasteiger charge is 2.22. The van der Waals surface area contributed by atoms with Crippen molar-refractivity contribution in [1.82, 2.24) is 9.97 Å². The van der Waals surface area contributed by atoms with Gasteiger partial charge in [0, 0.05) is 18.4 Å². The minimum absolute atomic E-state index is 0.170. The maximum Gasteiger partial charge on any atom is 0.230 e. The Bertz CT molecular complexity index is 530. The third-order valence-corrected chi connectivity index (χ3v) is 2.95. The highest BCUT2D eigenvalue weighted by Crippen LogP contribution is 2.20. The Morgan fingerprint density at radius 3 is 2.63 bits per heavy atom. The van der Waals surface area contributed by atoms with Gasteiger partial charge in [-0.05, 0) is 5.56 Å². The number of hydrogen-bond acceptors (Lipinski definition) is 4. The molecule has 0 spiro atoms. The molecule has 2 unspecified atom stereocenters. The summed E-state index contributed by atoms with van der Waals surface area (Å²) in [4.78, 5) is 20.0. The van der Waals surface area contributed by atoms with E-state index in [-0.39, 0.29) is 17.9 Å². The molecule has 2 rings (SSSR count). The highest BCUT2D eigenvalue weighted by atomic mass is 16.2. The Hall–Kier alpha value is -2.27. The molecule has 1 aromatic heterocycles. The molecular formula is C14H16N4O. The first kappa shape index (κ1) is 13.2. The quantitative estimate of drug-likeness (QED) is 0.873. The molecule has 0 saturated carbocycles. The fourth-order valence-corrected chi connectivity index (χ4v) is 1.73. The van der Waals surface area contributed by atoms with Crippen molar-refractivity contribution in [2.75, 3.05) is 5.32 Å². The summed E-state index contributed by atoms with van der Waals surface area (Å²) in [5.41, 5.74) is 7.03. The van der Waals surface area contributed by atoms with Crippen molar-refractivity contribution in [1.29, 1.82) is 0 Å². The van der Waals surface area contributed by atoms with E-state index in [1.165, 1.54) is 12.4 Å². The summed E-state index contributed by atoms with van der Waals surface area (Å²) in [7, 11) is 0. The number of benzene rings is 1. The predicted octanol–water partition coefficient (Wildman–Crippen LogP) is 1.75. The maximum atomic E-state index is 12.1. The number of nitrogens with two attached hydrogens (primary N) is 1. The minimum Gasteiger partial charge on any atom is -0.323 e.